The zero-order valence-electron chi connectivity index (χ0n) is 16.3. The molecule has 1 saturated heterocycles. The van der Waals surface area contributed by atoms with E-state index in [1.54, 1.807) is 0 Å². The summed E-state index contributed by atoms with van der Waals surface area (Å²) in [6.45, 7) is 5.27. The second-order valence-electron chi connectivity index (χ2n) is 7.44. The van der Waals surface area contributed by atoms with Gasteiger partial charge in [0.25, 0.3) is 5.91 Å². The Labute approximate surface area is 163 Å². The van der Waals surface area contributed by atoms with E-state index < -0.39 is 0 Å². The number of benzene rings is 2. The summed E-state index contributed by atoms with van der Waals surface area (Å²) >= 11 is 0. The molecule has 0 bridgehead atoms. The van der Waals surface area contributed by atoms with Gasteiger partial charge in [0, 0.05) is 19.1 Å². The number of carbonyl (C=O) groups excluding carboxylic acids is 1. The fraction of sp³-hybridized carbons (Fsp3) is 0.364. The number of amides is 1. The molecule has 0 radical (unpaired) electrons. The first-order valence-electron chi connectivity index (χ1n) is 9.70. The number of aromatic amines is 1. The summed E-state index contributed by atoms with van der Waals surface area (Å²) in [7, 11) is 0. The quantitative estimate of drug-likeness (QED) is 0.757. The van der Waals surface area contributed by atoms with Crippen molar-refractivity contribution in [2.24, 2.45) is 0 Å². The van der Waals surface area contributed by atoms with Crippen LogP contribution in [0.15, 0.2) is 47.3 Å². The SMILES string of the molecule is Cc1cccc(C)c1OCC(=O)N1CCC(n2c(=O)[nH]c3ccccc32)CC1. The van der Waals surface area contributed by atoms with Gasteiger partial charge < -0.3 is 14.6 Å². The lowest BCUT2D eigenvalue weighted by Crippen LogP contribution is -2.42. The number of aryl methyl sites for hydroxylation is 2. The van der Waals surface area contributed by atoms with Gasteiger partial charge in [-0.25, -0.2) is 4.79 Å². The molecular weight excluding hydrogens is 354 g/mol. The first-order valence-corrected chi connectivity index (χ1v) is 9.70. The van der Waals surface area contributed by atoms with Gasteiger partial charge in [0.15, 0.2) is 6.61 Å². The standard InChI is InChI=1S/C22H25N3O3/c1-15-6-5-7-16(2)21(15)28-14-20(26)24-12-10-17(11-13-24)25-19-9-4-3-8-18(19)23-22(25)27/h3-9,17H,10-14H2,1-2H3,(H,23,27). The summed E-state index contributed by atoms with van der Waals surface area (Å²) in [5.74, 6) is 0.781. The van der Waals surface area contributed by atoms with E-state index in [9.17, 15) is 9.59 Å². The Hall–Kier alpha value is -3.02. The number of rotatable bonds is 4. The zero-order chi connectivity index (χ0) is 19.7. The molecule has 1 amide bonds. The monoisotopic (exact) mass is 379 g/mol. The minimum atomic E-state index is -0.0793. The minimum Gasteiger partial charge on any atom is -0.483 e. The Kier molecular flexibility index (Phi) is 4.94. The van der Waals surface area contributed by atoms with Crippen LogP contribution < -0.4 is 10.4 Å². The maximum absolute atomic E-state index is 12.6. The Morgan fingerprint density at radius 2 is 1.75 bits per heavy atom. The van der Waals surface area contributed by atoms with E-state index in [4.69, 9.17) is 4.74 Å². The molecule has 1 N–H and O–H groups in total. The molecule has 2 aromatic carbocycles. The van der Waals surface area contributed by atoms with Gasteiger partial charge in [0.05, 0.1) is 11.0 Å². The van der Waals surface area contributed by atoms with Crippen molar-refractivity contribution in [2.75, 3.05) is 19.7 Å². The van der Waals surface area contributed by atoms with Crippen molar-refractivity contribution >= 4 is 16.9 Å². The molecule has 1 aliphatic heterocycles. The fourth-order valence-electron chi connectivity index (χ4n) is 4.06. The van der Waals surface area contributed by atoms with Crippen molar-refractivity contribution in [2.45, 2.75) is 32.7 Å². The van der Waals surface area contributed by atoms with Gasteiger partial charge >= 0.3 is 5.69 Å². The average molecular weight is 379 g/mol. The molecule has 1 aromatic heterocycles. The van der Waals surface area contributed by atoms with Crippen LogP contribution in [0.1, 0.15) is 30.0 Å². The molecule has 28 heavy (non-hydrogen) atoms. The molecule has 146 valence electrons. The number of likely N-dealkylation sites (tertiary alicyclic amines) is 1. The molecule has 1 aliphatic rings. The predicted octanol–water partition coefficient (Wildman–Crippen LogP) is 3.19. The van der Waals surface area contributed by atoms with Crippen LogP contribution in [0.5, 0.6) is 5.75 Å². The Morgan fingerprint density at radius 3 is 2.46 bits per heavy atom. The van der Waals surface area contributed by atoms with Crippen LogP contribution in [0.4, 0.5) is 0 Å². The number of piperidine rings is 1. The Morgan fingerprint density at radius 1 is 1.07 bits per heavy atom. The Bertz CT molecular complexity index is 1040. The van der Waals surface area contributed by atoms with E-state index in [-0.39, 0.29) is 24.2 Å². The van der Waals surface area contributed by atoms with Gasteiger partial charge in [0.1, 0.15) is 5.75 Å². The lowest BCUT2D eigenvalue weighted by Gasteiger charge is -2.32. The number of fused-ring (bicyclic) bond motifs is 1. The highest BCUT2D eigenvalue weighted by Crippen LogP contribution is 2.26. The number of nitrogens with zero attached hydrogens (tertiary/aromatic N) is 2. The van der Waals surface area contributed by atoms with Crippen molar-refractivity contribution in [3.63, 3.8) is 0 Å². The number of carbonyl (C=O) groups is 1. The highest BCUT2D eigenvalue weighted by Gasteiger charge is 2.26. The van der Waals surface area contributed by atoms with Crippen molar-refractivity contribution < 1.29 is 9.53 Å². The van der Waals surface area contributed by atoms with Gasteiger partial charge in [-0.1, -0.05) is 30.3 Å². The van der Waals surface area contributed by atoms with Crippen LogP contribution in [0.3, 0.4) is 0 Å². The summed E-state index contributed by atoms with van der Waals surface area (Å²) in [6, 6.07) is 13.8. The third kappa shape index (κ3) is 3.42. The summed E-state index contributed by atoms with van der Waals surface area (Å²) in [6.07, 6.45) is 1.52. The number of para-hydroxylation sites is 3. The van der Waals surface area contributed by atoms with Crippen molar-refractivity contribution in [3.8, 4) is 5.75 Å². The smallest absolute Gasteiger partial charge is 0.326 e. The molecule has 6 nitrogen and oxygen atoms in total. The minimum absolute atomic E-state index is 0.00706. The van der Waals surface area contributed by atoms with Gasteiger partial charge in [-0.3, -0.25) is 9.36 Å². The summed E-state index contributed by atoms with van der Waals surface area (Å²) in [5, 5.41) is 0. The highest BCUT2D eigenvalue weighted by atomic mass is 16.5. The largest absolute Gasteiger partial charge is 0.483 e. The second kappa shape index (κ2) is 7.54. The topological polar surface area (TPSA) is 67.3 Å². The van der Waals surface area contributed by atoms with Gasteiger partial charge in [0.2, 0.25) is 0 Å². The highest BCUT2D eigenvalue weighted by molar-refractivity contribution is 5.78. The molecule has 0 atom stereocenters. The molecule has 2 heterocycles. The Balaban J connectivity index is 1.39. The number of aromatic nitrogens is 2. The molecule has 3 aromatic rings. The number of H-pyrrole nitrogens is 1. The zero-order valence-corrected chi connectivity index (χ0v) is 16.3. The summed E-state index contributed by atoms with van der Waals surface area (Å²) in [4.78, 5) is 29.7. The van der Waals surface area contributed by atoms with E-state index in [1.165, 1.54) is 0 Å². The molecule has 0 saturated carbocycles. The molecule has 4 rings (SSSR count). The first-order chi connectivity index (χ1) is 13.5. The van der Waals surface area contributed by atoms with Crippen molar-refractivity contribution in [1.29, 1.82) is 0 Å². The molecule has 6 heteroatoms. The van der Waals surface area contributed by atoms with Crippen LogP contribution in [0, 0.1) is 13.8 Å². The van der Waals surface area contributed by atoms with Crippen LogP contribution >= 0.6 is 0 Å². The molecule has 0 aliphatic carbocycles. The van der Waals surface area contributed by atoms with Gasteiger partial charge in [-0.15, -0.1) is 0 Å². The number of ether oxygens (including phenoxy) is 1. The van der Waals surface area contributed by atoms with E-state index in [2.05, 4.69) is 4.98 Å². The third-order valence-corrected chi connectivity index (χ3v) is 5.56. The van der Waals surface area contributed by atoms with Crippen LogP contribution in [0.25, 0.3) is 11.0 Å². The molecule has 0 unspecified atom stereocenters. The van der Waals surface area contributed by atoms with Crippen LogP contribution in [0.2, 0.25) is 0 Å². The number of hydrogen-bond donors (Lipinski definition) is 1. The maximum Gasteiger partial charge on any atom is 0.326 e. The molecular formula is C22H25N3O3. The number of nitrogens with one attached hydrogen (secondary N) is 1. The second-order valence-corrected chi connectivity index (χ2v) is 7.44. The molecule has 0 spiro atoms. The van der Waals surface area contributed by atoms with E-state index in [0.717, 1.165) is 40.8 Å². The van der Waals surface area contributed by atoms with Crippen molar-refractivity contribution in [3.05, 3.63) is 64.1 Å². The fourth-order valence-corrected chi connectivity index (χ4v) is 4.06. The average Bonchev–Trinajstić information content (AvgIpc) is 3.03. The number of imidazole rings is 1. The number of hydrogen-bond acceptors (Lipinski definition) is 3. The normalized spacial score (nSPS) is 15.1. The van der Waals surface area contributed by atoms with Crippen LogP contribution in [-0.2, 0) is 4.79 Å². The predicted molar refractivity (Wildman–Crippen MR) is 109 cm³/mol. The third-order valence-electron chi connectivity index (χ3n) is 5.56. The van der Waals surface area contributed by atoms with E-state index in [1.807, 2.05) is 65.8 Å². The van der Waals surface area contributed by atoms with Crippen LogP contribution in [-0.4, -0.2) is 40.1 Å². The summed E-state index contributed by atoms with van der Waals surface area (Å²) in [5.41, 5.74) is 3.77. The maximum atomic E-state index is 12.6. The van der Waals surface area contributed by atoms with Gasteiger partial charge in [-0.05, 0) is 49.9 Å². The lowest BCUT2D eigenvalue weighted by atomic mass is 10.0. The van der Waals surface area contributed by atoms with Gasteiger partial charge in [-0.2, -0.15) is 0 Å². The first kappa shape index (κ1) is 18.3. The molecule has 1 fully saturated rings. The van der Waals surface area contributed by atoms with E-state index in [0.29, 0.717) is 13.1 Å². The van der Waals surface area contributed by atoms with E-state index >= 15 is 0 Å². The lowest BCUT2D eigenvalue weighted by molar-refractivity contribution is -0.134. The van der Waals surface area contributed by atoms with Crippen molar-refractivity contribution in [1.82, 2.24) is 14.5 Å². The summed E-state index contributed by atoms with van der Waals surface area (Å²) < 4.78 is 7.64.